The molecule has 0 N–H and O–H groups in total. The molecule has 0 aromatic heterocycles. The zero-order valence-corrected chi connectivity index (χ0v) is 17.0. The summed E-state index contributed by atoms with van der Waals surface area (Å²) in [7, 11) is 0. The molecule has 0 aliphatic carbocycles. The van der Waals surface area contributed by atoms with Crippen LogP contribution in [0.3, 0.4) is 0 Å². The molecule has 0 fully saturated rings. The summed E-state index contributed by atoms with van der Waals surface area (Å²) in [4.78, 5) is 0. The molecule has 0 heterocycles. The molecule has 0 atom stereocenters. The van der Waals surface area contributed by atoms with Crippen molar-refractivity contribution in [3.8, 4) is 0 Å². The van der Waals surface area contributed by atoms with E-state index in [1.807, 2.05) is 0 Å². The highest BCUT2D eigenvalue weighted by Gasteiger charge is 1.96. The van der Waals surface area contributed by atoms with Crippen LogP contribution in [0.1, 0.15) is 0 Å². The highest BCUT2D eigenvalue weighted by molar-refractivity contribution is 7.59. The Balaban J connectivity index is 0.000000137. The van der Waals surface area contributed by atoms with Gasteiger partial charge in [0.05, 0.1) is 0 Å². The molecule has 29 heavy (non-hydrogen) atoms. The Morgan fingerprint density at radius 3 is 0.517 bits per heavy atom. The van der Waals surface area contributed by atoms with Gasteiger partial charge in [0, 0.05) is 0 Å². The van der Waals surface area contributed by atoms with Gasteiger partial charge < -0.3 is 0 Å². The third kappa shape index (κ3) is 3.96. The minimum atomic E-state index is 0. The molecule has 0 aliphatic rings. The lowest BCUT2D eigenvalue weighted by atomic mass is 10.0. The van der Waals surface area contributed by atoms with Crippen LogP contribution in [0.4, 0.5) is 0 Å². The Hall–Kier alpha value is -3.29. The van der Waals surface area contributed by atoms with Crippen LogP contribution in [0.2, 0.25) is 0 Å². The van der Waals surface area contributed by atoms with Crippen LogP contribution >= 0.6 is 13.5 Å². The Labute approximate surface area is 177 Å². The fraction of sp³-hybridized carbons (Fsp3) is 0. The molecule has 0 radical (unpaired) electrons. The first-order valence-corrected chi connectivity index (χ1v) is 9.62. The Kier molecular flexibility index (Phi) is 5.50. The zero-order chi connectivity index (χ0) is 18.8. The van der Waals surface area contributed by atoms with Crippen LogP contribution in [-0.2, 0) is 0 Å². The lowest BCUT2D eigenvalue weighted by Crippen LogP contribution is -1.74. The lowest BCUT2D eigenvalue weighted by Gasteiger charge is -2.00. The standard InChI is InChI=1S/2C14H10.H2S/c2*1-2-6-12-10-14-8-4-3-7-13(14)9-11(12)5-1;/h2*1-10H;1H2. The van der Waals surface area contributed by atoms with Crippen LogP contribution in [0, 0.1) is 0 Å². The van der Waals surface area contributed by atoms with Gasteiger partial charge in [-0.3, -0.25) is 0 Å². The van der Waals surface area contributed by atoms with E-state index in [0.29, 0.717) is 0 Å². The minimum absolute atomic E-state index is 0. The second kappa shape index (κ2) is 8.38. The fourth-order valence-electron chi connectivity index (χ4n) is 3.77. The van der Waals surface area contributed by atoms with Crippen molar-refractivity contribution in [2.45, 2.75) is 0 Å². The van der Waals surface area contributed by atoms with E-state index in [-0.39, 0.29) is 13.5 Å². The summed E-state index contributed by atoms with van der Waals surface area (Å²) in [5.41, 5.74) is 0. The molecule has 0 spiro atoms. The van der Waals surface area contributed by atoms with Crippen molar-refractivity contribution in [1.29, 1.82) is 0 Å². The average Bonchev–Trinajstić information content (AvgIpc) is 2.76. The van der Waals surface area contributed by atoms with E-state index < -0.39 is 0 Å². The molecule has 6 rings (SSSR count). The first-order valence-electron chi connectivity index (χ1n) is 9.62. The summed E-state index contributed by atoms with van der Waals surface area (Å²) in [5.74, 6) is 0. The second-order valence-corrected chi connectivity index (χ2v) is 7.09. The van der Waals surface area contributed by atoms with Crippen LogP contribution in [-0.4, -0.2) is 0 Å². The highest BCUT2D eigenvalue weighted by Crippen LogP contribution is 2.23. The fourth-order valence-corrected chi connectivity index (χ4v) is 3.77. The largest absolute Gasteiger partial charge is 0.197 e. The van der Waals surface area contributed by atoms with E-state index >= 15 is 0 Å². The van der Waals surface area contributed by atoms with Gasteiger partial charge in [0.15, 0.2) is 0 Å². The SMILES string of the molecule is S.c1ccc2cc3ccccc3cc2c1.c1ccc2cc3ccccc3cc2c1. The molecule has 0 unspecified atom stereocenters. The highest BCUT2D eigenvalue weighted by atomic mass is 32.1. The van der Waals surface area contributed by atoms with Crippen molar-refractivity contribution < 1.29 is 0 Å². The molecule has 1 heteroatoms. The maximum atomic E-state index is 2.24. The van der Waals surface area contributed by atoms with Gasteiger partial charge >= 0.3 is 0 Å². The van der Waals surface area contributed by atoms with Crippen LogP contribution < -0.4 is 0 Å². The summed E-state index contributed by atoms with van der Waals surface area (Å²) in [6.45, 7) is 0. The summed E-state index contributed by atoms with van der Waals surface area (Å²) in [5, 5.41) is 10.5. The zero-order valence-electron chi connectivity index (χ0n) is 16.0. The van der Waals surface area contributed by atoms with Crippen molar-refractivity contribution in [3.63, 3.8) is 0 Å². The minimum Gasteiger partial charge on any atom is -0.197 e. The molecule has 0 aliphatic heterocycles. The molecule has 6 aromatic carbocycles. The number of benzene rings is 6. The van der Waals surface area contributed by atoms with Crippen LogP contribution in [0.5, 0.6) is 0 Å². The van der Waals surface area contributed by atoms with Crippen LogP contribution in [0.15, 0.2) is 121 Å². The van der Waals surface area contributed by atoms with Crippen molar-refractivity contribution in [1.82, 2.24) is 0 Å². The second-order valence-electron chi connectivity index (χ2n) is 7.09. The Morgan fingerprint density at radius 2 is 0.379 bits per heavy atom. The monoisotopic (exact) mass is 390 g/mol. The topological polar surface area (TPSA) is 0 Å². The first-order chi connectivity index (χ1) is 13.9. The predicted octanol–water partition coefficient (Wildman–Crippen LogP) is 8.10. The van der Waals surface area contributed by atoms with Gasteiger partial charge in [-0.05, 0) is 67.4 Å². The van der Waals surface area contributed by atoms with Gasteiger partial charge in [0.1, 0.15) is 0 Å². The molecule has 0 saturated heterocycles. The maximum Gasteiger partial charge on any atom is -0.0178 e. The molecule has 0 bridgehead atoms. The van der Waals surface area contributed by atoms with E-state index in [1.54, 1.807) is 0 Å². The van der Waals surface area contributed by atoms with Gasteiger partial charge in [-0.2, -0.15) is 13.5 Å². The molecular formula is C28H22S. The summed E-state index contributed by atoms with van der Waals surface area (Å²) < 4.78 is 0. The van der Waals surface area contributed by atoms with Gasteiger partial charge in [0.25, 0.3) is 0 Å². The maximum absolute atomic E-state index is 2.24. The van der Waals surface area contributed by atoms with Gasteiger partial charge in [-0.1, -0.05) is 97.1 Å². The van der Waals surface area contributed by atoms with Crippen molar-refractivity contribution in [2.24, 2.45) is 0 Å². The Morgan fingerprint density at radius 1 is 0.241 bits per heavy atom. The van der Waals surface area contributed by atoms with E-state index in [4.69, 9.17) is 0 Å². The first kappa shape index (κ1) is 19.0. The molecule has 6 aromatic rings. The average molecular weight is 391 g/mol. The molecule has 0 nitrogen and oxygen atoms in total. The van der Waals surface area contributed by atoms with Crippen molar-refractivity contribution >= 4 is 56.6 Å². The third-order valence-electron chi connectivity index (χ3n) is 5.23. The summed E-state index contributed by atoms with van der Waals surface area (Å²) in [6, 6.07) is 42.8. The van der Waals surface area contributed by atoms with Gasteiger partial charge in [0.2, 0.25) is 0 Å². The van der Waals surface area contributed by atoms with Gasteiger partial charge in [-0.25, -0.2) is 0 Å². The van der Waals surface area contributed by atoms with E-state index in [2.05, 4.69) is 121 Å². The van der Waals surface area contributed by atoms with Crippen LogP contribution in [0.25, 0.3) is 43.1 Å². The molecule has 0 saturated carbocycles. The summed E-state index contributed by atoms with van der Waals surface area (Å²) in [6.07, 6.45) is 0. The molecular weight excluding hydrogens is 368 g/mol. The smallest absolute Gasteiger partial charge is 0.0178 e. The van der Waals surface area contributed by atoms with E-state index in [0.717, 1.165) is 0 Å². The van der Waals surface area contributed by atoms with E-state index in [9.17, 15) is 0 Å². The Bertz CT molecular complexity index is 1090. The number of hydrogen-bond acceptors (Lipinski definition) is 0. The third-order valence-corrected chi connectivity index (χ3v) is 5.23. The van der Waals surface area contributed by atoms with E-state index in [1.165, 1.54) is 43.1 Å². The van der Waals surface area contributed by atoms with Gasteiger partial charge in [-0.15, -0.1) is 0 Å². The number of rotatable bonds is 0. The molecule has 0 amide bonds. The quantitative estimate of drug-likeness (QED) is 0.230. The number of hydrogen-bond donors (Lipinski definition) is 0. The summed E-state index contributed by atoms with van der Waals surface area (Å²) >= 11 is 0. The normalized spacial score (nSPS) is 10.5. The van der Waals surface area contributed by atoms with Crippen molar-refractivity contribution in [3.05, 3.63) is 121 Å². The predicted molar refractivity (Wildman–Crippen MR) is 133 cm³/mol. The number of fused-ring (bicyclic) bond motifs is 4. The molecule has 140 valence electrons. The lowest BCUT2D eigenvalue weighted by molar-refractivity contribution is 1.76. The van der Waals surface area contributed by atoms with Crippen molar-refractivity contribution in [2.75, 3.05) is 0 Å².